The van der Waals surface area contributed by atoms with E-state index in [2.05, 4.69) is 9.97 Å². The Balaban J connectivity index is 2.35. The second-order valence-corrected chi connectivity index (χ2v) is 3.44. The number of rotatable bonds is 2. The molecule has 0 radical (unpaired) electrons. The molecule has 1 N–H and O–H groups in total. The van der Waals surface area contributed by atoms with E-state index in [-0.39, 0.29) is 5.56 Å². The minimum absolute atomic E-state index is 0.385. The Hall–Kier alpha value is -1.69. The third-order valence-corrected chi connectivity index (χ3v) is 2.35. The lowest BCUT2D eigenvalue weighted by Crippen LogP contribution is -2.28. The SMILES string of the molecule is O=c1ccn(Cc2cscn2)c(=O)[nH]1. The molecule has 5 nitrogen and oxygen atoms in total. The Kier molecular flexibility index (Phi) is 2.28. The van der Waals surface area contributed by atoms with Gasteiger partial charge in [-0.1, -0.05) is 0 Å². The van der Waals surface area contributed by atoms with Crippen molar-refractivity contribution in [3.8, 4) is 0 Å². The zero-order valence-corrected chi connectivity index (χ0v) is 7.95. The summed E-state index contributed by atoms with van der Waals surface area (Å²) in [4.78, 5) is 28.2. The van der Waals surface area contributed by atoms with Gasteiger partial charge >= 0.3 is 5.69 Å². The number of aromatic amines is 1. The van der Waals surface area contributed by atoms with Crippen LogP contribution in [-0.4, -0.2) is 14.5 Å². The van der Waals surface area contributed by atoms with Crippen molar-refractivity contribution in [3.63, 3.8) is 0 Å². The van der Waals surface area contributed by atoms with E-state index in [9.17, 15) is 9.59 Å². The molecule has 0 atom stereocenters. The number of nitrogens with one attached hydrogen (secondary N) is 1. The van der Waals surface area contributed by atoms with Gasteiger partial charge in [-0.15, -0.1) is 11.3 Å². The van der Waals surface area contributed by atoms with Gasteiger partial charge < -0.3 is 0 Å². The molecule has 0 bridgehead atoms. The fourth-order valence-corrected chi connectivity index (χ4v) is 1.61. The summed E-state index contributed by atoms with van der Waals surface area (Å²) in [7, 11) is 0. The summed E-state index contributed by atoms with van der Waals surface area (Å²) >= 11 is 1.47. The molecule has 72 valence electrons. The van der Waals surface area contributed by atoms with E-state index in [1.165, 1.54) is 28.2 Å². The van der Waals surface area contributed by atoms with Gasteiger partial charge in [-0.05, 0) is 0 Å². The number of thiazole rings is 1. The first-order valence-corrected chi connectivity index (χ1v) is 4.87. The standard InChI is InChI=1S/C8H7N3O2S/c12-7-1-2-11(8(13)10-7)3-6-4-14-5-9-6/h1-2,4-5H,3H2,(H,10,12,13). The molecule has 2 aromatic rings. The van der Waals surface area contributed by atoms with Gasteiger partial charge in [-0.25, -0.2) is 9.78 Å². The molecule has 0 aromatic carbocycles. The maximum atomic E-state index is 11.2. The molecule has 0 unspecified atom stereocenters. The van der Waals surface area contributed by atoms with E-state index in [1.54, 1.807) is 5.51 Å². The van der Waals surface area contributed by atoms with Gasteiger partial charge in [-0.3, -0.25) is 14.3 Å². The third kappa shape index (κ3) is 1.80. The molecule has 0 amide bonds. The molecule has 0 aliphatic heterocycles. The highest BCUT2D eigenvalue weighted by atomic mass is 32.1. The third-order valence-electron chi connectivity index (χ3n) is 1.71. The molecular formula is C8H7N3O2S. The molecule has 0 saturated heterocycles. The smallest absolute Gasteiger partial charge is 0.295 e. The minimum atomic E-state index is -0.412. The molecule has 0 saturated carbocycles. The normalized spacial score (nSPS) is 10.3. The molecule has 0 fully saturated rings. The van der Waals surface area contributed by atoms with E-state index < -0.39 is 5.69 Å². The van der Waals surface area contributed by atoms with E-state index in [4.69, 9.17) is 0 Å². The lowest BCUT2D eigenvalue weighted by molar-refractivity contribution is 0.708. The lowest BCUT2D eigenvalue weighted by Gasteiger charge is -2.00. The van der Waals surface area contributed by atoms with Crippen LogP contribution >= 0.6 is 11.3 Å². The van der Waals surface area contributed by atoms with Crippen molar-refractivity contribution in [3.05, 3.63) is 49.7 Å². The van der Waals surface area contributed by atoms with Crippen molar-refractivity contribution in [2.45, 2.75) is 6.54 Å². The van der Waals surface area contributed by atoms with E-state index in [1.807, 2.05) is 5.38 Å². The van der Waals surface area contributed by atoms with Crippen molar-refractivity contribution in [2.24, 2.45) is 0 Å². The molecule has 2 aromatic heterocycles. The van der Waals surface area contributed by atoms with Crippen LogP contribution in [-0.2, 0) is 6.54 Å². The predicted octanol–water partition coefficient (Wildman–Crippen LogP) is 0.0414. The maximum absolute atomic E-state index is 11.2. The van der Waals surface area contributed by atoms with Crippen molar-refractivity contribution in [1.82, 2.24) is 14.5 Å². The van der Waals surface area contributed by atoms with Crippen molar-refractivity contribution in [1.29, 1.82) is 0 Å². The van der Waals surface area contributed by atoms with Gasteiger partial charge in [0.15, 0.2) is 0 Å². The van der Waals surface area contributed by atoms with Crippen LogP contribution < -0.4 is 11.2 Å². The van der Waals surface area contributed by atoms with E-state index >= 15 is 0 Å². The van der Waals surface area contributed by atoms with Crippen LogP contribution in [0.25, 0.3) is 0 Å². The van der Waals surface area contributed by atoms with Gasteiger partial charge in [-0.2, -0.15) is 0 Å². The maximum Gasteiger partial charge on any atom is 0.328 e. The largest absolute Gasteiger partial charge is 0.328 e. The number of H-pyrrole nitrogens is 1. The summed E-state index contributed by atoms with van der Waals surface area (Å²) in [6.07, 6.45) is 1.46. The molecular weight excluding hydrogens is 202 g/mol. The summed E-state index contributed by atoms with van der Waals surface area (Å²) in [5, 5.41) is 1.86. The van der Waals surface area contributed by atoms with E-state index in [0.29, 0.717) is 6.54 Å². The summed E-state index contributed by atoms with van der Waals surface area (Å²) < 4.78 is 1.40. The molecule has 6 heteroatoms. The van der Waals surface area contributed by atoms with Crippen LogP contribution in [0.15, 0.2) is 32.7 Å². The predicted molar refractivity (Wildman–Crippen MR) is 52.5 cm³/mol. The molecule has 2 rings (SSSR count). The Morgan fingerprint density at radius 1 is 1.50 bits per heavy atom. The second kappa shape index (κ2) is 3.59. The summed E-state index contributed by atoms with van der Waals surface area (Å²) in [6, 6.07) is 1.31. The molecule has 0 aliphatic rings. The lowest BCUT2D eigenvalue weighted by atomic mass is 10.5. The van der Waals surface area contributed by atoms with Gasteiger partial charge in [0, 0.05) is 17.6 Å². The zero-order chi connectivity index (χ0) is 9.97. The molecule has 0 spiro atoms. The van der Waals surface area contributed by atoms with Crippen LogP contribution in [0.2, 0.25) is 0 Å². The van der Waals surface area contributed by atoms with Gasteiger partial charge in [0.05, 0.1) is 17.7 Å². The first kappa shape index (κ1) is 8.89. The van der Waals surface area contributed by atoms with Crippen molar-refractivity contribution >= 4 is 11.3 Å². The van der Waals surface area contributed by atoms with Crippen LogP contribution in [0.4, 0.5) is 0 Å². The fraction of sp³-hybridized carbons (Fsp3) is 0.125. The average molecular weight is 209 g/mol. The molecule has 0 aliphatic carbocycles. The Morgan fingerprint density at radius 2 is 2.36 bits per heavy atom. The zero-order valence-electron chi connectivity index (χ0n) is 7.14. The highest BCUT2D eigenvalue weighted by Gasteiger charge is 1.99. The second-order valence-electron chi connectivity index (χ2n) is 2.72. The summed E-state index contributed by atoms with van der Waals surface area (Å²) in [5.41, 5.74) is 1.71. The van der Waals surface area contributed by atoms with Crippen LogP contribution in [0.5, 0.6) is 0 Å². The van der Waals surface area contributed by atoms with Gasteiger partial charge in [0.2, 0.25) is 0 Å². The Labute approximate surface area is 82.7 Å². The number of nitrogens with zero attached hydrogens (tertiary/aromatic N) is 2. The van der Waals surface area contributed by atoms with Crippen LogP contribution in [0.3, 0.4) is 0 Å². The average Bonchev–Trinajstić information content (AvgIpc) is 2.62. The Bertz CT molecular complexity index is 526. The first-order chi connectivity index (χ1) is 6.75. The molecule has 14 heavy (non-hydrogen) atoms. The van der Waals surface area contributed by atoms with Crippen LogP contribution in [0, 0.1) is 0 Å². The summed E-state index contributed by atoms with van der Waals surface area (Å²) in [5.74, 6) is 0. The van der Waals surface area contributed by atoms with E-state index in [0.717, 1.165) is 5.69 Å². The highest BCUT2D eigenvalue weighted by Crippen LogP contribution is 2.01. The number of hydrogen-bond acceptors (Lipinski definition) is 4. The van der Waals surface area contributed by atoms with Gasteiger partial charge in [0.1, 0.15) is 0 Å². The fourth-order valence-electron chi connectivity index (χ4n) is 1.06. The number of aromatic nitrogens is 3. The van der Waals surface area contributed by atoms with Gasteiger partial charge in [0.25, 0.3) is 5.56 Å². The number of hydrogen-bond donors (Lipinski definition) is 1. The van der Waals surface area contributed by atoms with Crippen molar-refractivity contribution < 1.29 is 0 Å². The Morgan fingerprint density at radius 3 is 3.00 bits per heavy atom. The first-order valence-electron chi connectivity index (χ1n) is 3.92. The molecule has 2 heterocycles. The monoisotopic (exact) mass is 209 g/mol. The quantitative estimate of drug-likeness (QED) is 0.759. The van der Waals surface area contributed by atoms with Crippen molar-refractivity contribution in [2.75, 3.05) is 0 Å². The van der Waals surface area contributed by atoms with Crippen LogP contribution in [0.1, 0.15) is 5.69 Å². The highest BCUT2D eigenvalue weighted by molar-refractivity contribution is 7.07. The topological polar surface area (TPSA) is 67.8 Å². The minimum Gasteiger partial charge on any atom is -0.295 e. The summed E-state index contributed by atoms with van der Waals surface area (Å²) in [6.45, 7) is 0.388.